The molecule has 2 N–H and O–H groups in total. The number of carbonyl (C=O) groups is 1. The smallest absolute Gasteiger partial charge is 0.460 e. The SMILES string of the molecule is CCOC(=O)c1c(-c2ccc(C)cc2)nc(N)nc1C(F)(F)C(F)(F)C(F)(F)F. The predicted molar refractivity (Wildman–Crippen MR) is 87.5 cm³/mol. The van der Waals surface area contributed by atoms with Gasteiger partial charge in [-0.2, -0.15) is 30.7 Å². The van der Waals surface area contributed by atoms with Gasteiger partial charge in [0.1, 0.15) is 11.3 Å². The Bertz CT molecular complexity index is 912. The van der Waals surface area contributed by atoms with Crippen molar-refractivity contribution in [2.24, 2.45) is 0 Å². The summed E-state index contributed by atoms with van der Waals surface area (Å²) in [6.45, 7) is 2.58. The van der Waals surface area contributed by atoms with Crippen LogP contribution in [-0.2, 0) is 10.7 Å². The Kier molecular flexibility index (Phi) is 5.77. The Morgan fingerprint density at radius 2 is 1.59 bits per heavy atom. The maximum absolute atomic E-state index is 14.4. The van der Waals surface area contributed by atoms with Crippen LogP contribution >= 0.6 is 0 Å². The lowest BCUT2D eigenvalue weighted by molar-refractivity contribution is -0.360. The van der Waals surface area contributed by atoms with E-state index >= 15 is 0 Å². The van der Waals surface area contributed by atoms with Gasteiger partial charge in [-0.1, -0.05) is 29.8 Å². The number of alkyl halides is 7. The third-order valence-electron chi connectivity index (χ3n) is 3.78. The van der Waals surface area contributed by atoms with E-state index in [2.05, 4.69) is 14.7 Å². The van der Waals surface area contributed by atoms with Gasteiger partial charge in [-0.25, -0.2) is 14.8 Å². The molecule has 0 spiro atoms. The summed E-state index contributed by atoms with van der Waals surface area (Å²) >= 11 is 0. The second-order valence-electron chi connectivity index (χ2n) is 5.89. The van der Waals surface area contributed by atoms with Crippen molar-refractivity contribution in [2.75, 3.05) is 12.3 Å². The maximum Gasteiger partial charge on any atom is 0.460 e. The highest BCUT2D eigenvalue weighted by molar-refractivity contribution is 5.97. The summed E-state index contributed by atoms with van der Waals surface area (Å²) in [6.07, 6.45) is -6.63. The molecule has 12 heteroatoms. The highest BCUT2D eigenvalue weighted by atomic mass is 19.4. The van der Waals surface area contributed by atoms with E-state index in [1.165, 1.54) is 31.2 Å². The first kappa shape index (κ1) is 22.4. The third kappa shape index (κ3) is 3.96. The van der Waals surface area contributed by atoms with Crippen LogP contribution in [0.15, 0.2) is 24.3 Å². The van der Waals surface area contributed by atoms with Crippen LogP contribution in [0.3, 0.4) is 0 Å². The molecule has 0 radical (unpaired) electrons. The molecule has 0 unspecified atom stereocenters. The maximum atomic E-state index is 14.4. The lowest BCUT2D eigenvalue weighted by Gasteiger charge is -2.29. The number of nitrogens with zero attached hydrogens (tertiary/aromatic N) is 2. The van der Waals surface area contributed by atoms with Crippen molar-refractivity contribution in [3.05, 3.63) is 41.1 Å². The molecule has 1 heterocycles. The number of nitrogens with two attached hydrogens (primary N) is 1. The quantitative estimate of drug-likeness (QED) is 0.564. The second kappa shape index (κ2) is 7.48. The molecule has 0 bridgehead atoms. The van der Waals surface area contributed by atoms with E-state index in [1.54, 1.807) is 6.92 Å². The van der Waals surface area contributed by atoms with E-state index in [0.717, 1.165) is 0 Å². The van der Waals surface area contributed by atoms with Gasteiger partial charge in [0.2, 0.25) is 5.95 Å². The van der Waals surface area contributed by atoms with Crippen molar-refractivity contribution >= 4 is 11.9 Å². The molecule has 158 valence electrons. The van der Waals surface area contributed by atoms with E-state index in [0.29, 0.717) is 5.56 Å². The number of hydrogen-bond donors (Lipinski definition) is 1. The van der Waals surface area contributed by atoms with Gasteiger partial charge >= 0.3 is 24.0 Å². The third-order valence-corrected chi connectivity index (χ3v) is 3.78. The van der Waals surface area contributed by atoms with Gasteiger partial charge in [0, 0.05) is 5.56 Å². The number of aryl methyl sites for hydroxylation is 1. The second-order valence-corrected chi connectivity index (χ2v) is 5.89. The first-order valence-corrected chi connectivity index (χ1v) is 7.98. The fourth-order valence-corrected chi connectivity index (χ4v) is 2.35. The van der Waals surface area contributed by atoms with Gasteiger partial charge in [-0.05, 0) is 13.8 Å². The van der Waals surface area contributed by atoms with Crippen molar-refractivity contribution in [1.29, 1.82) is 0 Å². The summed E-state index contributed by atoms with van der Waals surface area (Å²) in [4.78, 5) is 18.7. The van der Waals surface area contributed by atoms with Crippen LogP contribution in [0.1, 0.15) is 28.5 Å². The summed E-state index contributed by atoms with van der Waals surface area (Å²) in [7, 11) is 0. The largest absolute Gasteiger partial charge is 0.462 e. The van der Waals surface area contributed by atoms with Crippen molar-refractivity contribution < 1.29 is 40.3 Å². The molecule has 5 nitrogen and oxygen atoms in total. The Morgan fingerprint density at radius 1 is 1.03 bits per heavy atom. The summed E-state index contributed by atoms with van der Waals surface area (Å²) in [6, 6.07) is 5.54. The first-order valence-electron chi connectivity index (χ1n) is 7.98. The summed E-state index contributed by atoms with van der Waals surface area (Å²) in [5.41, 5.74) is 1.78. The number of rotatable bonds is 5. The van der Waals surface area contributed by atoms with E-state index in [-0.39, 0.29) is 12.2 Å². The minimum atomic E-state index is -6.63. The molecule has 0 saturated carbocycles. The normalized spacial score (nSPS) is 12.7. The Balaban J connectivity index is 2.88. The zero-order valence-electron chi connectivity index (χ0n) is 15.0. The van der Waals surface area contributed by atoms with Crippen molar-refractivity contribution in [3.8, 4) is 11.3 Å². The molecule has 0 atom stereocenters. The number of anilines is 1. The van der Waals surface area contributed by atoms with Crippen molar-refractivity contribution in [1.82, 2.24) is 9.97 Å². The summed E-state index contributed by atoms with van der Waals surface area (Å²) in [5, 5.41) is 0. The summed E-state index contributed by atoms with van der Waals surface area (Å²) < 4.78 is 98.5. The topological polar surface area (TPSA) is 78.1 Å². The van der Waals surface area contributed by atoms with E-state index in [1.807, 2.05) is 0 Å². The molecule has 1 aromatic heterocycles. The predicted octanol–water partition coefficient (Wildman–Crippen LogP) is 4.50. The fraction of sp³-hybridized carbons (Fsp3) is 0.353. The van der Waals surface area contributed by atoms with Gasteiger partial charge in [0.15, 0.2) is 0 Å². The van der Waals surface area contributed by atoms with E-state index in [9.17, 15) is 35.5 Å². The molecular weight excluding hydrogens is 411 g/mol. The highest BCUT2D eigenvalue weighted by Crippen LogP contribution is 2.52. The zero-order valence-corrected chi connectivity index (χ0v) is 15.0. The molecule has 1 aromatic carbocycles. The van der Waals surface area contributed by atoms with Crippen molar-refractivity contribution in [3.63, 3.8) is 0 Å². The minimum Gasteiger partial charge on any atom is -0.462 e. The van der Waals surface area contributed by atoms with E-state index < -0.39 is 46.9 Å². The number of hydrogen-bond acceptors (Lipinski definition) is 5. The molecule has 2 rings (SSSR count). The number of esters is 1. The van der Waals surface area contributed by atoms with Crippen LogP contribution < -0.4 is 5.73 Å². The molecule has 0 aliphatic heterocycles. The van der Waals surface area contributed by atoms with Crippen LogP contribution in [0.5, 0.6) is 0 Å². The number of aromatic nitrogens is 2. The number of carbonyl (C=O) groups excluding carboxylic acids is 1. The molecule has 2 aromatic rings. The van der Waals surface area contributed by atoms with Crippen LogP contribution in [-0.4, -0.2) is 34.6 Å². The van der Waals surface area contributed by atoms with Crippen molar-refractivity contribution in [2.45, 2.75) is 31.9 Å². The lowest BCUT2D eigenvalue weighted by atomic mass is 9.97. The van der Waals surface area contributed by atoms with Crippen LogP contribution in [0.25, 0.3) is 11.3 Å². The van der Waals surface area contributed by atoms with Crippen LogP contribution in [0.4, 0.5) is 36.7 Å². The fourth-order valence-electron chi connectivity index (χ4n) is 2.35. The van der Waals surface area contributed by atoms with Crippen LogP contribution in [0.2, 0.25) is 0 Å². The minimum absolute atomic E-state index is 0.0415. The molecular formula is C17H14F7N3O2. The average Bonchev–Trinajstić information content (AvgIpc) is 2.60. The average molecular weight is 425 g/mol. The monoisotopic (exact) mass is 425 g/mol. The van der Waals surface area contributed by atoms with Gasteiger partial charge in [0.05, 0.1) is 12.3 Å². The van der Waals surface area contributed by atoms with Crippen LogP contribution in [0, 0.1) is 6.92 Å². The van der Waals surface area contributed by atoms with E-state index in [4.69, 9.17) is 5.73 Å². The van der Waals surface area contributed by atoms with Gasteiger partial charge in [0.25, 0.3) is 0 Å². The van der Waals surface area contributed by atoms with Gasteiger partial charge in [-0.3, -0.25) is 0 Å². The standard InChI is InChI=1S/C17H14F7N3O2/c1-3-29-13(28)10-11(9-6-4-8(2)5-7-9)26-14(25)27-12(10)15(18,19)16(20,21)17(22,23)24/h4-7H,3H2,1-2H3,(H2,25,26,27). The molecule has 29 heavy (non-hydrogen) atoms. The highest BCUT2D eigenvalue weighted by Gasteiger charge is 2.75. The molecule has 0 fully saturated rings. The first-order chi connectivity index (χ1) is 13.2. The Labute approximate surface area is 159 Å². The van der Waals surface area contributed by atoms with Gasteiger partial charge in [-0.15, -0.1) is 0 Å². The molecule has 0 amide bonds. The number of ether oxygens (including phenoxy) is 1. The lowest BCUT2D eigenvalue weighted by Crippen LogP contribution is -2.51. The summed E-state index contributed by atoms with van der Waals surface area (Å²) in [5.74, 6) is -15.1. The number of benzene rings is 1. The van der Waals surface area contributed by atoms with Gasteiger partial charge < -0.3 is 10.5 Å². The molecule has 0 saturated heterocycles. The number of nitrogen functional groups attached to an aromatic ring is 1. The zero-order chi connectivity index (χ0) is 22.2. The number of halogens is 7. The molecule has 0 aliphatic rings. The Morgan fingerprint density at radius 3 is 2.07 bits per heavy atom. The molecule has 0 aliphatic carbocycles. The Hall–Kier alpha value is -2.92.